The van der Waals surface area contributed by atoms with Gasteiger partial charge in [-0.3, -0.25) is 4.90 Å². The maximum Gasteiger partial charge on any atom is 0.115 e. The highest BCUT2D eigenvalue weighted by atomic mass is 16.3. The first-order chi connectivity index (χ1) is 12.7. The van der Waals surface area contributed by atoms with E-state index in [4.69, 9.17) is 0 Å². The SMILES string of the molecule is Oc1ccc(C(O)CN2C[C@H]3CC(CCc4ccccc4)C[C@H]3C2)cc1. The van der Waals surface area contributed by atoms with Crippen molar-refractivity contribution in [3.05, 3.63) is 65.7 Å². The average molecular weight is 351 g/mol. The van der Waals surface area contributed by atoms with Crippen LogP contribution >= 0.6 is 0 Å². The van der Waals surface area contributed by atoms with Crippen LogP contribution in [-0.4, -0.2) is 34.7 Å². The molecule has 3 nitrogen and oxygen atoms in total. The van der Waals surface area contributed by atoms with Crippen molar-refractivity contribution in [3.8, 4) is 5.75 Å². The van der Waals surface area contributed by atoms with Crippen LogP contribution in [0, 0.1) is 17.8 Å². The largest absolute Gasteiger partial charge is 0.508 e. The molecule has 2 N–H and O–H groups in total. The molecule has 26 heavy (non-hydrogen) atoms. The molecule has 1 saturated carbocycles. The Morgan fingerprint density at radius 1 is 0.923 bits per heavy atom. The van der Waals surface area contributed by atoms with Gasteiger partial charge in [0, 0.05) is 19.6 Å². The summed E-state index contributed by atoms with van der Waals surface area (Å²) < 4.78 is 0. The molecule has 2 aliphatic rings. The fraction of sp³-hybridized carbons (Fsp3) is 0.478. The maximum atomic E-state index is 10.5. The number of phenols is 1. The Morgan fingerprint density at radius 2 is 1.58 bits per heavy atom. The van der Waals surface area contributed by atoms with E-state index in [2.05, 4.69) is 35.2 Å². The van der Waals surface area contributed by atoms with Crippen LogP contribution in [0.4, 0.5) is 0 Å². The maximum absolute atomic E-state index is 10.5. The number of fused-ring (bicyclic) bond motifs is 1. The summed E-state index contributed by atoms with van der Waals surface area (Å²) >= 11 is 0. The molecule has 3 heteroatoms. The summed E-state index contributed by atoms with van der Waals surface area (Å²) in [5, 5.41) is 19.9. The van der Waals surface area contributed by atoms with Gasteiger partial charge < -0.3 is 10.2 Å². The molecule has 1 aliphatic heterocycles. The molecule has 2 fully saturated rings. The van der Waals surface area contributed by atoms with E-state index in [-0.39, 0.29) is 5.75 Å². The first-order valence-electron chi connectivity index (χ1n) is 9.90. The first-order valence-corrected chi connectivity index (χ1v) is 9.90. The molecular weight excluding hydrogens is 322 g/mol. The van der Waals surface area contributed by atoms with Crippen molar-refractivity contribution in [1.29, 1.82) is 0 Å². The zero-order valence-corrected chi connectivity index (χ0v) is 15.3. The van der Waals surface area contributed by atoms with Crippen LogP contribution in [-0.2, 0) is 6.42 Å². The fourth-order valence-corrected chi connectivity index (χ4v) is 4.97. The van der Waals surface area contributed by atoms with Gasteiger partial charge in [-0.15, -0.1) is 0 Å². The smallest absolute Gasteiger partial charge is 0.115 e. The average Bonchev–Trinajstić information content (AvgIpc) is 3.19. The monoisotopic (exact) mass is 351 g/mol. The number of rotatable bonds is 6. The minimum absolute atomic E-state index is 0.248. The molecule has 0 amide bonds. The molecule has 138 valence electrons. The number of phenolic OH excluding ortho intramolecular Hbond substituents is 1. The lowest BCUT2D eigenvalue weighted by Crippen LogP contribution is -2.27. The van der Waals surface area contributed by atoms with Gasteiger partial charge in [0.2, 0.25) is 0 Å². The Labute approximate surface area is 156 Å². The lowest BCUT2D eigenvalue weighted by Gasteiger charge is -2.22. The van der Waals surface area contributed by atoms with Crippen molar-refractivity contribution >= 4 is 0 Å². The molecule has 0 aromatic heterocycles. The van der Waals surface area contributed by atoms with Crippen molar-refractivity contribution in [2.24, 2.45) is 17.8 Å². The Morgan fingerprint density at radius 3 is 2.23 bits per heavy atom. The summed E-state index contributed by atoms with van der Waals surface area (Å²) in [6.45, 7) is 2.95. The van der Waals surface area contributed by atoms with Crippen LogP contribution < -0.4 is 0 Å². The molecule has 4 rings (SSSR count). The van der Waals surface area contributed by atoms with Crippen LogP contribution in [0.5, 0.6) is 5.75 Å². The van der Waals surface area contributed by atoms with Crippen LogP contribution in [0.3, 0.4) is 0 Å². The molecule has 2 aromatic rings. The number of aliphatic hydroxyl groups is 1. The Hall–Kier alpha value is -1.84. The number of β-amino-alcohol motifs (C(OH)–C–C–N with tert-alkyl or cyclic N) is 1. The van der Waals surface area contributed by atoms with E-state index in [1.54, 1.807) is 12.1 Å². The third-order valence-corrected chi connectivity index (χ3v) is 6.32. The number of nitrogens with zero attached hydrogens (tertiary/aromatic N) is 1. The van der Waals surface area contributed by atoms with Gasteiger partial charge in [0.1, 0.15) is 5.75 Å². The van der Waals surface area contributed by atoms with E-state index in [9.17, 15) is 10.2 Å². The highest BCUT2D eigenvalue weighted by Gasteiger charge is 2.40. The quantitative estimate of drug-likeness (QED) is 0.826. The third-order valence-electron chi connectivity index (χ3n) is 6.32. The zero-order chi connectivity index (χ0) is 17.9. The number of hydrogen-bond acceptors (Lipinski definition) is 3. The third kappa shape index (κ3) is 4.11. The summed E-state index contributed by atoms with van der Waals surface area (Å²) in [6.07, 6.45) is 4.75. The van der Waals surface area contributed by atoms with Crippen LogP contribution in [0.25, 0.3) is 0 Å². The van der Waals surface area contributed by atoms with E-state index in [1.807, 2.05) is 12.1 Å². The Balaban J connectivity index is 1.24. The first kappa shape index (κ1) is 17.6. The van der Waals surface area contributed by atoms with Crippen molar-refractivity contribution in [2.75, 3.05) is 19.6 Å². The predicted octanol–water partition coefficient (Wildman–Crippen LogP) is 4.02. The summed E-state index contributed by atoms with van der Waals surface area (Å²) in [5.74, 6) is 2.73. The zero-order valence-electron chi connectivity index (χ0n) is 15.3. The van der Waals surface area contributed by atoms with Gasteiger partial charge in [-0.2, -0.15) is 0 Å². The normalized spacial score (nSPS) is 26.7. The van der Waals surface area contributed by atoms with Crippen LogP contribution in [0.2, 0.25) is 0 Å². The summed E-state index contributed by atoms with van der Waals surface area (Å²) in [7, 11) is 0. The number of benzene rings is 2. The lowest BCUT2D eigenvalue weighted by molar-refractivity contribution is 0.120. The number of likely N-dealkylation sites (tertiary alicyclic amines) is 1. The highest BCUT2D eigenvalue weighted by Crippen LogP contribution is 2.43. The highest BCUT2D eigenvalue weighted by molar-refractivity contribution is 5.27. The standard InChI is InChI=1S/C23H29NO2/c25-22-10-8-19(9-11-22)23(26)16-24-14-20-12-18(13-21(20)15-24)7-6-17-4-2-1-3-5-17/h1-5,8-11,18,20-21,23,25-26H,6-7,12-16H2/t18?,20-,21+,23?. The summed E-state index contributed by atoms with van der Waals surface area (Å²) in [6, 6.07) is 17.8. The number of aryl methyl sites for hydroxylation is 1. The minimum Gasteiger partial charge on any atom is -0.508 e. The van der Waals surface area contributed by atoms with Crippen LogP contribution in [0.15, 0.2) is 54.6 Å². The summed E-state index contributed by atoms with van der Waals surface area (Å²) in [4.78, 5) is 2.43. The second-order valence-corrected chi connectivity index (χ2v) is 8.21. The molecule has 1 saturated heterocycles. The van der Waals surface area contributed by atoms with Gasteiger partial charge in [0.25, 0.3) is 0 Å². The predicted molar refractivity (Wildman–Crippen MR) is 104 cm³/mol. The van der Waals surface area contributed by atoms with E-state index in [1.165, 1.54) is 31.2 Å². The van der Waals surface area contributed by atoms with Gasteiger partial charge in [-0.25, -0.2) is 0 Å². The van der Waals surface area contributed by atoms with E-state index < -0.39 is 6.10 Å². The number of aromatic hydroxyl groups is 1. The second-order valence-electron chi connectivity index (χ2n) is 8.21. The van der Waals surface area contributed by atoms with Crippen LogP contribution in [0.1, 0.15) is 36.5 Å². The lowest BCUT2D eigenvalue weighted by atomic mass is 9.96. The van der Waals surface area contributed by atoms with Crippen molar-refractivity contribution < 1.29 is 10.2 Å². The molecule has 2 aromatic carbocycles. The summed E-state index contributed by atoms with van der Waals surface area (Å²) in [5.41, 5.74) is 2.35. The van der Waals surface area contributed by atoms with Gasteiger partial charge in [-0.1, -0.05) is 42.5 Å². The van der Waals surface area contributed by atoms with Gasteiger partial charge in [0.15, 0.2) is 0 Å². The minimum atomic E-state index is -0.469. The molecule has 1 heterocycles. The van der Waals surface area contributed by atoms with Gasteiger partial charge >= 0.3 is 0 Å². The van der Waals surface area contributed by atoms with Crippen molar-refractivity contribution in [3.63, 3.8) is 0 Å². The molecule has 0 bridgehead atoms. The van der Waals surface area contributed by atoms with Crippen molar-refractivity contribution in [2.45, 2.75) is 31.8 Å². The van der Waals surface area contributed by atoms with Crippen molar-refractivity contribution in [1.82, 2.24) is 4.90 Å². The molecule has 0 radical (unpaired) electrons. The molecule has 1 aliphatic carbocycles. The molecule has 4 atom stereocenters. The van der Waals surface area contributed by atoms with E-state index >= 15 is 0 Å². The van der Waals surface area contributed by atoms with E-state index in [0.29, 0.717) is 6.54 Å². The number of hydrogen-bond donors (Lipinski definition) is 2. The molecular formula is C23H29NO2. The van der Waals surface area contributed by atoms with Gasteiger partial charge in [-0.05, 0) is 66.7 Å². The Bertz CT molecular complexity index is 686. The molecule has 2 unspecified atom stereocenters. The fourth-order valence-electron chi connectivity index (χ4n) is 4.97. The second kappa shape index (κ2) is 7.81. The topological polar surface area (TPSA) is 43.7 Å². The molecule has 0 spiro atoms. The van der Waals surface area contributed by atoms with E-state index in [0.717, 1.165) is 36.4 Å². The number of aliphatic hydroxyl groups excluding tert-OH is 1. The van der Waals surface area contributed by atoms with Gasteiger partial charge in [0.05, 0.1) is 6.10 Å². The Kier molecular flexibility index (Phi) is 5.28.